The van der Waals surface area contributed by atoms with E-state index in [4.69, 9.17) is 0 Å². The fraction of sp³-hybridized carbons (Fsp3) is 0.375. The van der Waals surface area contributed by atoms with E-state index in [-0.39, 0.29) is 14.7 Å². The average Bonchev–Trinajstić information content (AvgIpc) is 3.30. The fourth-order valence-electron chi connectivity index (χ4n) is 3.17. The molecule has 146 valence electrons. The largest absolute Gasteiger partial charge is 0.346 e. The zero-order chi connectivity index (χ0) is 19.0. The minimum atomic E-state index is -3.20. The van der Waals surface area contributed by atoms with Crippen molar-refractivity contribution in [1.82, 2.24) is 24.2 Å². The molecule has 3 aromatic rings. The van der Waals surface area contributed by atoms with Crippen LogP contribution in [0, 0.1) is 5.92 Å². The van der Waals surface area contributed by atoms with E-state index in [9.17, 15) is 13.2 Å². The Balaban J connectivity index is 0.00000150. The molecule has 4 heterocycles. The summed E-state index contributed by atoms with van der Waals surface area (Å²) >= 11 is 1.33. The number of carbonyl (C=O) groups is 1. The van der Waals surface area contributed by atoms with Gasteiger partial charge in [-0.3, -0.25) is 4.79 Å². The molecule has 9 nitrogen and oxygen atoms in total. The van der Waals surface area contributed by atoms with Crippen molar-refractivity contribution in [2.75, 3.05) is 24.7 Å². The second kappa shape index (κ2) is 6.98. The summed E-state index contributed by atoms with van der Waals surface area (Å²) in [4.78, 5) is 28.5. The first kappa shape index (κ1) is 18.0. The Kier molecular flexibility index (Phi) is 4.66. The van der Waals surface area contributed by atoms with Gasteiger partial charge >= 0.3 is 0 Å². The quantitative estimate of drug-likeness (QED) is 0.680. The number of piperidine rings is 1. The molecule has 0 atom stereocenters. The van der Waals surface area contributed by atoms with Crippen molar-refractivity contribution >= 4 is 43.4 Å². The van der Waals surface area contributed by atoms with Gasteiger partial charge in [0.15, 0.2) is 5.13 Å². The van der Waals surface area contributed by atoms with E-state index in [0.717, 1.165) is 11.0 Å². The number of amides is 1. The first-order valence-corrected chi connectivity index (χ1v) is 11.1. The van der Waals surface area contributed by atoms with Crippen molar-refractivity contribution in [2.45, 2.75) is 12.8 Å². The summed E-state index contributed by atoms with van der Waals surface area (Å²) in [6.45, 7) is 0.735. The maximum absolute atomic E-state index is 12.5. The number of nitrogens with one attached hydrogen (secondary N) is 2. The molecule has 0 bridgehead atoms. The summed E-state index contributed by atoms with van der Waals surface area (Å²) in [6, 6.07) is 1.89. The van der Waals surface area contributed by atoms with Crippen LogP contribution in [0.25, 0.3) is 22.4 Å². The number of hydrogen-bond acceptors (Lipinski definition) is 7. The van der Waals surface area contributed by atoms with Gasteiger partial charge in [-0.1, -0.05) is 0 Å². The highest BCUT2D eigenvalue weighted by Gasteiger charge is 2.29. The van der Waals surface area contributed by atoms with Gasteiger partial charge in [0.1, 0.15) is 23.4 Å². The van der Waals surface area contributed by atoms with Crippen LogP contribution in [0.4, 0.5) is 5.13 Å². The van der Waals surface area contributed by atoms with Crippen LogP contribution in [0.2, 0.25) is 0 Å². The lowest BCUT2D eigenvalue weighted by molar-refractivity contribution is -0.120. The highest BCUT2D eigenvalue weighted by Crippen LogP contribution is 2.29. The molecular formula is C16H22N6O3S2. The standard InChI is InChI=1S/C16H18N6O3S2.2H2/c1-27(24,25)22-6-3-10(4-7-22)15(23)21-16-20-12(8-26-16)13-11-2-5-17-14(11)19-9-18-13;;/h2,5,8-10H,3-4,6-7H2,1H3,(H,17,18,19)(H,20,21,23);2*1H. The van der Waals surface area contributed by atoms with Crippen LogP contribution in [0.1, 0.15) is 15.7 Å². The third-order valence-electron chi connectivity index (χ3n) is 4.62. The topological polar surface area (TPSA) is 121 Å². The number of H-pyrrole nitrogens is 1. The van der Waals surface area contributed by atoms with Crippen LogP contribution in [-0.4, -0.2) is 57.9 Å². The van der Waals surface area contributed by atoms with Crippen LogP contribution in [0.5, 0.6) is 0 Å². The zero-order valence-electron chi connectivity index (χ0n) is 14.5. The molecular weight excluding hydrogens is 388 g/mol. The number of rotatable bonds is 4. The number of hydrogen-bond donors (Lipinski definition) is 2. The van der Waals surface area contributed by atoms with Gasteiger partial charge in [-0.25, -0.2) is 27.7 Å². The van der Waals surface area contributed by atoms with E-state index in [2.05, 4.69) is 25.3 Å². The van der Waals surface area contributed by atoms with Gasteiger partial charge in [0.25, 0.3) is 0 Å². The Hall–Kier alpha value is -2.37. The Labute approximate surface area is 162 Å². The number of fused-ring (bicyclic) bond motifs is 1. The molecule has 2 N–H and O–H groups in total. The number of carbonyl (C=O) groups excluding carboxylic acids is 1. The Morgan fingerprint density at radius 2 is 2.15 bits per heavy atom. The maximum Gasteiger partial charge on any atom is 0.229 e. The SMILES string of the molecule is CS(=O)(=O)N1CCC(C(=O)Nc2nc(-c3ncnc4[nH]ccc34)cs2)CC1.[HH].[HH]. The molecule has 0 unspecified atom stereocenters. The third-order valence-corrected chi connectivity index (χ3v) is 6.69. The number of sulfonamides is 1. The van der Waals surface area contributed by atoms with E-state index in [0.29, 0.717) is 42.5 Å². The van der Waals surface area contributed by atoms with E-state index >= 15 is 0 Å². The van der Waals surface area contributed by atoms with Gasteiger partial charge < -0.3 is 10.3 Å². The highest BCUT2D eigenvalue weighted by atomic mass is 32.2. The number of aromatic nitrogens is 4. The van der Waals surface area contributed by atoms with Gasteiger partial charge in [0.05, 0.1) is 6.26 Å². The van der Waals surface area contributed by atoms with Gasteiger partial charge in [0, 0.05) is 38.8 Å². The molecule has 27 heavy (non-hydrogen) atoms. The molecule has 3 aromatic heterocycles. The molecule has 0 radical (unpaired) electrons. The summed E-state index contributed by atoms with van der Waals surface area (Å²) in [5.74, 6) is -0.343. The van der Waals surface area contributed by atoms with Crippen molar-refractivity contribution in [3.8, 4) is 11.4 Å². The lowest BCUT2D eigenvalue weighted by Crippen LogP contribution is -2.40. The smallest absolute Gasteiger partial charge is 0.229 e. The molecule has 0 spiro atoms. The molecule has 11 heteroatoms. The molecule has 1 aliphatic heterocycles. The summed E-state index contributed by atoms with van der Waals surface area (Å²) in [7, 11) is -3.20. The first-order chi connectivity index (χ1) is 12.9. The van der Waals surface area contributed by atoms with Crippen molar-refractivity contribution in [3.63, 3.8) is 0 Å². The van der Waals surface area contributed by atoms with Gasteiger partial charge in [0.2, 0.25) is 15.9 Å². The van der Waals surface area contributed by atoms with E-state index in [1.54, 1.807) is 6.20 Å². The molecule has 1 amide bonds. The van der Waals surface area contributed by atoms with Crippen LogP contribution in [0.3, 0.4) is 0 Å². The van der Waals surface area contributed by atoms with Crippen molar-refractivity contribution < 1.29 is 16.1 Å². The lowest BCUT2D eigenvalue weighted by Gasteiger charge is -2.29. The number of anilines is 1. The first-order valence-electron chi connectivity index (χ1n) is 8.42. The van der Waals surface area contributed by atoms with Crippen molar-refractivity contribution in [2.24, 2.45) is 5.92 Å². The average molecular weight is 411 g/mol. The predicted molar refractivity (Wildman–Crippen MR) is 107 cm³/mol. The second-order valence-corrected chi connectivity index (χ2v) is 9.27. The van der Waals surface area contributed by atoms with Crippen molar-refractivity contribution in [3.05, 3.63) is 24.0 Å². The Morgan fingerprint density at radius 1 is 1.37 bits per heavy atom. The molecule has 0 aliphatic carbocycles. The van der Waals surface area contributed by atoms with Crippen LogP contribution in [0.15, 0.2) is 24.0 Å². The molecule has 0 saturated carbocycles. The van der Waals surface area contributed by atoms with E-state index < -0.39 is 10.0 Å². The highest BCUT2D eigenvalue weighted by molar-refractivity contribution is 7.88. The molecule has 1 fully saturated rings. The second-order valence-electron chi connectivity index (χ2n) is 6.43. The molecule has 0 aromatic carbocycles. The Bertz CT molecular complexity index is 1090. The molecule has 1 aliphatic rings. The van der Waals surface area contributed by atoms with Crippen LogP contribution in [-0.2, 0) is 14.8 Å². The molecule has 1 saturated heterocycles. The monoisotopic (exact) mass is 410 g/mol. The van der Waals surface area contributed by atoms with E-state index in [1.165, 1.54) is 28.2 Å². The number of nitrogens with zero attached hydrogens (tertiary/aromatic N) is 4. The minimum absolute atomic E-state index is 0. The maximum atomic E-state index is 12.5. The van der Waals surface area contributed by atoms with Crippen LogP contribution < -0.4 is 5.32 Å². The van der Waals surface area contributed by atoms with Gasteiger partial charge in [-0.05, 0) is 18.9 Å². The summed E-state index contributed by atoms with van der Waals surface area (Å²) < 4.78 is 24.6. The fourth-order valence-corrected chi connectivity index (χ4v) is 4.75. The Morgan fingerprint density at radius 3 is 2.89 bits per heavy atom. The number of aromatic amines is 1. The normalized spacial score (nSPS) is 16.6. The third kappa shape index (κ3) is 3.70. The van der Waals surface area contributed by atoms with Gasteiger partial charge in [-0.2, -0.15) is 0 Å². The van der Waals surface area contributed by atoms with Gasteiger partial charge in [-0.15, -0.1) is 11.3 Å². The summed E-state index contributed by atoms with van der Waals surface area (Å²) in [5.41, 5.74) is 2.12. The lowest BCUT2D eigenvalue weighted by atomic mass is 9.97. The van der Waals surface area contributed by atoms with Crippen LogP contribution >= 0.6 is 11.3 Å². The van der Waals surface area contributed by atoms with Crippen molar-refractivity contribution in [1.29, 1.82) is 0 Å². The predicted octanol–water partition coefficient (Wildman–Crippen LogP) is 2.18. The minimum Gasteiger partial charge on any atom is -0.346 e. The molecule has 4 rings (SSSR count). The zero-order valence-corrected chi connectivity index (χ0v) is 16.2. The summed E-state index contributed by atoms with van der Waals surface area (Å²) in [5, 5.41) is 6.06. The number of thiazole rings is 1. The summed E-state index contributed by atoms with van der Waals surface area (Å²) in [6.07, 6.45) is 5.47. The van der Waals surface area contributed by atoms with E-state index in [1.807, 2.05) is 11.4 Å².